The Hall–Kier alpha value is -3.25. The zero-order valence-electron chi connectivity index (χ0n) is 28.1. The van der Waals surface area contributed by atoms with Crippen LogP contribution in [0.5, 0.6) is 0 Å². The highest BCUT2D eigenvalue weighted by Crippen LogP contribution is 2.37. The fourth-order valence-electron chi connectivity index (χ4n) is 7.09. The van der Waals surface area contributed by atoms with Gasteiger partial charge in [-0.25, -0.2) is 15.3 Å². The van der Waals surface area contributed by atoms with Gasteiger partial charge in [0.1, 0.15) is 45.6 Å². The number of halogens is 3. The summed E-state index contributed by atoms with van der Waals surface area (Å²) in [6.07, 6.45) is -2.32. The molecule has 6 rings (SSSR count). The molecule has 5 heterocycles. The van der Waals surface area contributed by atoms with Crippen LogP contribution < -0.4 is 10.6 Å². The van der Waals surface area contributed by atoms with Crippen LogP contribution in [0.15, 0.2) is 30.6 Å². The largest absolute Gasteiger partial charge is 0.393 e. The third-order valence-corrected chi connectivity index (χ3v) is 11.3. The average molecular weight is 712 g/mol. The van der Waals surface area contributed by atoms with E-state index < -0.39 is 35.4 Å². The molecule has 264 valence electrons. The molecule has 50 heavy (non-hydrogen) atoms. The fourth-order valence-corrected chi connectivity index (χ4v) is 8.11. The molecule has 7 N–H and O–H groups in total. The van der Waals surface area contributed by atoms with Gasteiger partial charge in [0.15, 0.2) is 23.5 Å². The maximum absolute atomic E-state index is 13.0. The topological polar surface area (TPSA) is 186 Å². The number of fused-ring (bicyclic) bond motifs is 2. The third-order valence-electron chi connectivity index (χ3n) is 10.3. The number of likely N-dealkylation sites (tertiary alicyclic amines) is 1. The lowest BCUT2D eigenvalue weighted by molar-refractivity contribution is -0.389. The summed E-state index contributed by atoms with van der Waals surface area (Å²) < 4.78 is 40.6. The molecule has 3 atom stereocenters. The van der Waals surface area contributed by atoms with Crippen molar-refractivity contribution < 1.29 is 38.7 Å². The van der Waals surface area contributed by atoms with E-state index in [4.69, 9.17) is 0 Å². The Bertz CT molecular complexity index is 1930. The lowest BCUT2D eigenvalue weighted by atomic mass is 9.63. The molecule has 3 unspecified atom stereocenters. The van der Waals surface area contributed by atoms with E-state index in [-0.39, 0.29) is 24.0 Å². The highest BCUT2D eigenvalue weighted by molar-refractivity contribution is 7.18. The molecule has 0 amide bonds. The van der Waals surface area contributed by atoms with Gasteiger partial charge in [0, 0.05) is 54.5 Å². The SMILES string of the molecule is BC1(O)NC(O)(O)C(B)(O)N(CCn2c(C#N)cc3c(C)c(CN4CCC(Nc5ncnc6sc(CC(F)(F)F)cc56)CC4)ccc32)C1(B)O. The van der Waals surface area contributed by atoms with E-state index in [2.05, 4.69) is 31.6 Å². The summed E-state index contributed by atoms with van der Waals surface area (Å²) in [6.45, 7) is 4.12. The Morgan fingerprint density at radius 2 is 1.74 bits per heavy atom. The first-order valence-corrected chi connectivity index (χ1v) is 17.1. The second kappa shape index (κ2) is 12.8. The number of rotatable bonds is 8. The molecule has 2 aliphatic heterocycles. The summed E-state index contributed by atoms with van der Waals surface area (Å²) in [5, 5.41) is 71.0. The van der Waals surface area contributed by atoms with Gasteiger partial charge in [-0.1, -0.05) is 6.07 Å². The van der Waals surface area contributed by atoms with Gasteiger partial charge in [-0.2, -0.15) is 18.4 Å². The standard InChI is InChI=1S/C30H38B3F3N8O5S/c1-16-17(14-42-6-4-18(5-7-42)40-24-22-11-20(12-26(34,35)36)50-25(22)39-15-38-24)2-3-23-21(16)10-19(13-37)43(23)8-9-44-28(32,46)27(31,45)41-30(48,49)29(44,33)47/h2-3,10-11,15,18,41,45-49H,4-9,12,14,31-33H2,1H3,(H,38,39,40). The van der Waals surface area contributed by atoms with Crippen molar-refractivity contribution in [2.24, 2.45) is 0 Å². The van der Waals surface area contributed by atoms with Crippen LogP contribution in [0, 0.1) is 18.3 Å². The maximum Gasteiger partial charge on any atom is 0.393 e. The lowest BCUT2D eigenvalue weighted by Crippen LogP contribution is -2.90. The minimum atomic E-state index is -4.29. The number of nitrogens with one attached hydrogen (secondary N) is 2. The molecule has 1 aromatic carbocycles. The molecule has 0 saturated carbocycles. The van der Waals surface area contributed by atoms with Crippen LogP contribution in [0.1, 0.15) is 34.5 Å². The van der Waals surface area contributed by atoms with Gasteiger partial charge in [0.2, 0.25) is 0 Å². The zero-order chi connectivity index (χ0) is 36.4. The van der Waals surface area contributed by atoms with Gasteiger partial charge in [-0.3, -0.25) is 9.80 Å². The van der Waals surface area contributed by atoms with Crippen LogP contribution in [0.2, 0.25) is 0 Å². The van der Waals surface area contributed by atoms with E-state index in [1.807, 2.05) is 19.1 Å². The van der Waals surface area contributed by atoms with E-state index in [1.165, 1.54) is 20.2 Å². The van der Waals surface area contributed by atoms with Crippen molar-refractivity contribution in [1.29, 1.82) is 5.26 Å². The number of aromatic nitrogens is 3. The van der Waals surface area contributed by atoms with Crippen molar-refractivity contribution in [1.82, 2.24) is 29.7 Å². The molecule has 0 radical (unpaired) electrons. The van der Waals surface area contributed by atoms with Gasteiger partial charge < -0.3 is 35.4 Å². The van der Waals surface area contributed by atoms with E-state index >= 15 is 0 Å². The zero-order valence-corrected chi connectivity index (χ0v) is 28.9. The second-order valence-electron chi connectivity index (χ2n) is 13.8. The first kappa shape index (κ1) is 36.5. The molecule has 13 nitrogen and oxygen atoms in total. The lowest BCUT2D eigenvalue weighted by Gasteiger charge is -2.62. The van der Waals surface area contributed by atoms with Crippen molar-refractivity contribution in [3.8, 4) is 6.07 Å². The molecule has 0 aliphatic carbocycles. The number of hydrogen-bond acceptors (Lipinski definition) is 13. The second-order valence-corrected chi connectivity index (χ2v) is 14.9. The Morgan fingerprint density at radius 3 is 2.40 bits per heavy atom. The quantitative estimate of drug-likeness (QED) is 0.0821. The molecule has 2 aliphatic rings. The van der Waals surface area contributed by atoms with Crippen molar-refractivity contribution in [2.45, 2.75) is 74.3 Å². The summed E-state index contributed by atoms with van der Waals surface area (Å²) in [5.74, 6) is -2.43. The van der Waals surface area contributed by atoms with Crippen LogP contribution in [-0.2, 0) is 19.5 Å². The Labute approximate surface area is 292 Å². The van der Waals surface area contributed by atoms with Gasteiger partial charge >= 0.3 is 6.18 Å². The predicted molar refractivity (Wildman–Crippen MR) is 188 cm³/mol. The van der Waals surface area contributed by atoms with E-state index in [1.54, 1.807) is 10.6 Å². The summed E-state index contributed by atoms with van der Waals surface area (Å²) in [5.41, 5.74) is -3.64. The number of piperidine rings is 1. The minimum Gasteiger partial charge on any atom is -0.381 e. The van der Waals surface area contributed by atoms with E-state index in [0.717, 1.165) is 79.9 Å². The molecule has 3 aromatic heterocycles. The summed E-state index contributed by atoms with van der Waals surface area (Å²) in [7, 11) is 3.51. The number of alkyl halides is 3. The van der Waals surface area contributed by atoms with Gasteiger partial charge in [0.25, 0.3) is 5.91 Å². The number of thiophene rings is 1. The van der Waals surface area contributed by atoms with Crippen LogP contribution in [0.4, 0.5) is 19.0 Å². The molecular formula is C30H38B3F3N8O5S. The van der Waals surface area contributed by atoms with E-state index in [0.29, 0.717) is 28.3 Å². The van der Waals surface area contributed by atoms with E-state index in [9.17, 15) is 44.0 Å². The molecule has 4 aromatic rings. The Kier molecular flexibility index (Phi) is 9.32. The average Bonchev–Trinajstić information content (AvgIpc) is 3.58. The van der Waals surface area contributed by atoms with Gasteiger partial charge in [-0.05, 0) is 49.1 Å². The number of benzene rings is 1. The van der Waals surface area contributed by atoms with Crippen molar-refractivity contribution in [3.05, 3.63) is 52.3 Å². The Morgan fingerprint density at radius 1 is 1.04 bits per heavy atom. The Balaban J connectivity index is 1.13. The number of aliphatic hydroxyl groups is 5. The molecule has 0 bridgehead atoms. The van der Waals surface area contributed by atoms with Gasteiger partial charge in [-0.15, -0.1) is 11.3 Å². The number of piperazine rings is 1. The number of nitrogens with zero attached hydrogens (tertiary/aromatic N) is 6. The minimum absolute atomic E-state index is 0.0673. The van der Waals surface area contributed by atoms with Crippen LogP contribution in [-0.4, -0.2) is 128 Å². The van der Waals surface area contributed by atoms with Crippen molar-refractivity contribution in [3.63, 3.8) is 0 Å². The number of hydrogen-bond donors (Lipinski definition) is 7. The number of anilines is 1. The number of aryl methyl sites for hydroxylation is 1. The van der Waals surface area contributed by atoms with Crippen molar-refractivity contribution in [2.75, 3.05) is 25.0 Å². The van der Waals surface area contributed by atoms with Crippen LogP contribution in [0.25, 0.3) is 21.1 Å². The maximum atomic E-state index is 13.0. The normalized spacial score (nSPS) is 26.8. The predicted octanol–water partition coefficient (Wildman–Crippen LogP) is -1.61. The third kappa shape index (κ3) is 6.62. The monoisotopic (exact) mass is 712 g/mol. The number of nitriles is 1. The molecular weight excluding hydrogens is 674 g/mol. The highest BCUT2D eigenvalue weighted by Gasteiger charge is 2.65. The summed E-state index contributed by atoms with van der Waals surface area (Å²) >= 11 is 1.03. The summed E-state index contributed by atoms with van der Waals surface area (Å²) in [4.78, 5) is 12.5. The smallest absolute Gasteiger partial charge is 0.381 e. The fraction of sp³-hybridized carbons (Fsp3) is 0.500. The first-order valence-electron chi connectivity index (χ1n) is 16.2. The van der Waals surface area contributed by atoms with Crippen molar-refractivity contribution >= 4 is 61.8 Å². The summed E-state index contributed by atoms with van der Waals surface area (Å²) in [6, 6.07) is 9.51. The highest BCUT2D eigenvalue weighted by atomic mass is 32.1. The molecule has 2 fully saturated rings. The molecule has 0 spiro atoms. The molecule has 2 saturated heterocycles. The first-order chi connectivity index (χ1) is 23.2. The van der Waals surface area contributed by atoms with Gasteiger partial charge in [0.05, 0.1) is 11.8 Å². The van der Waals surface area contributed by atoms with Crippen LogP contribution >= 0.6 is 11.3 Å². The van der Waals surface area contributed by atoms with Crippen LogP contribution in [0.3, 0.4) is 0 Å². The molecule has 20 heteroatoms.